The van der Waals surface area contributed by atoms with E-state index in [1.54, 1.807) is 18.2 Å². The highest BCUT2D eigenvalue weighted by Crippen LogP contribution is 2.38. The van der Waals surface area contributed by atoms with Crippen molar-refractivity contribution in [3.8, 4) is 17.2 Å². The third kappa shape index (κ3) is 4.90. The van der Waals surface area contributed by atoms with Gasteiger partial charge in [-0.15, -0.1) is 5.10 Å². The van der Waals surface area contributed by atoms with E-state index in [-0.39, 0.29) is 5.91 Å². The second kappa shape index (κ2) is 8.97. The van der Waals surface area contributed by atoms with Gasteiger partial charge in [0.1, 0.15) is 0 Å². The second-order valence-electron chi connectivity index (χ2n) is 4.68. The number of carbonyl (C=O) groups excluding carboxylic acids is 1. The molecule has 0 aliphatic rings. The van der Waals surface area contributed by atoms with Crippen molar-refractivity contribution in [2.45, 2.75) is 12.1 Å². The Balaban J connectivity index is 2.10. The molecule has 0 bridgehead atoms. The number of nitrogens with zero attached hydrogens (tertiary/aromatic N) is 2. The predicted molar refractivity (Wildman–Crippen MR) is 96.5 cm³/mol. The standard InChI is InChI=1S/C16H20N4O4S/c1-5-25-16-18-15(19-20-16)17-13(21)7-6-10-8-11(22-2)14(24-4)12(9-10)23-3/h6-9H,5H2,1-4H3,(H2,17,18,19,20,21)/b7-6+. The van der Waals surface area contributed by atoms with Crippen LogP contribution in [0.1, 0.15) is 12.5 Å². The van der Waals surface area contributed by atoms with Gasteiger partial charge in [0, 0.05) is 6.08 Å². The topological polar surface area (TPSA) is 98.4 Å². The van der Waals surface area contributed by atoms with E-state index < -0.39 is 0 Å². The number of hydrogen-bond donors (Lipinski definition) is 2. The van der Waals surface area contributed by atoms with Crippen LogP contribution < -0.4 is 19.5 Å². The lowest BCUT2D eigenvalue weighted by atomic mass is 10.1. The van der Waals surface area contributed by atoms with Crippen molar-refractivity contribution >= 4 is 29.7 Å². The van der Waals surface area contributed by atoms with Crippen molar-refractivity contribution in [3.63, 3.8) is 0 Å². The molecule has 1 heterocycles. The van der Waals surface area contributed by atoms with Gasteiger partial charge in [-0.2, -0.15) is 4.98 Å². The Bertz CT molecular complexity index is 735. The number of amides is 1. The van der Waals surface area contributed by atoms with Crippen LogP contribution in [0.4, 0.5) is 5.95 Å². The number of ether oxygens (including phenoxy) is 3. The van der Waals surface area contributed by atoms with Crippen LogP contribution in [0.25, 0.3) is 6.08 Å². The van der Waals surface area contributed by atoms with Crippen molar-refractivity contribution in [2.24, 2.45) is 0 Å². The minimum Gasteiger partial charge on any atom is -0.493 e. The molecule has 2 N–H and O–H groups in total. The van der Waals surface area contributed by atoms with E-state index in [9.17, 15) is 4.79 Å². The molecule has 1 aromatic heterocycles. The summed E-state index contributed by atoms with van der Waals surface area (Å²) in [5.41, 5.74) is 0.726. The fraction of sp³-hybridized carbons (Fsp3) is 0.312. The number of H-pyrrole nitrogens is 1. The van der Waals surface area contributed by atoms with Gasteiger partial charge in [-0.3, -0.25) is 10.1 Å². The predicted octanol–water partition coefficient (Wildman–Crippen LogP) is 2.59. The average molecular weight is 364 g/mol. The Hall–Kier alpha value is -2.68. The van der Waals surface area contributed by atoms with Crippen LogP contribution in [0.3, 0.4) is 0 Å². The molecule has 2 aromatic rings. The maximum atomic E-state index is 12.0. The first-order valence-electron chi connectivity index (χ1n) is 7.45. The number of carbonyl (C=O) groups is 1. The zero-order valence-corrected chi connectivity index (χ0v) is 15.3. The molecule has 8 nitrogen and oxygen atoms in total. The quantitative estimate of drug-likeness (QED) is 0.549. The number of anilines is 1. The SMILES string of the molecule is CCSc1n[nH]c(NC(=O)/C=C/c2cc(OC)c(OC)c(OC)c2)n1. The van der Waals surface area contributed by atoms with Gasteiger partial charge in [-0.25, -0.2) is 5.10 Å². The highest BCUT2D eigenvalue weighted by atomic mass is 32.2. The summed E-state index contributed by atoms with van der Waals surface area (Å²) in [6.07, 6.45) is 3.02. The summed E-state index contributed by atoms with van der Waals surface area (Å²) >= 11 is 1.48. The highest BCUT2D eigenvalue weighted by Gasteiger charge is 2.12. The summed E-state index contributed by atoms with van der Waals surface area (Å²) in [7, 11) is 4.60. The molecule has 1 aromatic carbocycles. The van der Waals surface area contributed by atoms with Gasteiger partial charge in [0.25, 0.3) is 5.91 Å². The van der Waals surface area contributed by atoms with Crippen LogP contribution in [-0.4, -0.2) is 48.2 Å². The lowest BCUT2D eigenvalue weighted by Gasteiger charge is -2.12. The Morgan fingerprint density at radius 2 is 1.92 bits per heavy atom. The van der Waals surface area contributed by atoms with Gasteiger partial charge >= 0.3 is 0 Å². The molecule has 0 unspecified atom stereocenters. The normalized spacial score (nSPS) is 10.7. The fourth-order valence-electron chi connectivity index (χ4n) is 2.02. The van der Waals surface area contributed by atoms with Crippen LogP contribution in [-0.2, 0) is 4.79 Å². The van der Waals surface area contributed by atoms with E-state index in [2.05, 4.69) is 20.5 Å². The molecular weight excluding hydrogens is 344 g/mol. The number of nitrogens with one attached hydrogen (secondary N) is 2. The molecule has 0 fully saturated rings. The molecule has 0 spiro atoms. The zero-order valence-electron chi connectivity index (χ0n) is 14.5. The number of rotatable bonds is 8. The van der Waals surface area contributed by atoms with Crippen molar-refractivity contribution in [1.82, 2.24) is 15.2 Å². The molecule has 0 aliphatic heterocycles. The summed E-state index contributed by atoms with van der Waals surface area (Å²) in [4.78, 5) is 16.2. The minimum absolute atomic E-state index is 0.301. The summed E-state index contributed by atoms with van der Waals surface area (Å²) in [6.45, 7) is 2.00. The maximum Gasteiger partial charge on any atom is 0.250 e. The molecule has 0 aliphatic carbocycles. The first kappa shape index (κ1) is 18.7. The maximum absolute atomic E-state index is 12.0. The molecule has 0 saturated heterocycles. The van der Waals surface area contributed by atoms with Crippen LogP contribution in [0.2, 0.25) is 0 Å². The number of hydrogen-bond acceptors (Lipinski definition) is 7. The van der Waals surface area contributed by atoms with Crippen LogP contribution in [0, 0.1) is 0 Å². The third-order valence-electron chi connectivity index (χ3n) is 3.09. The number of aromatic amines is 1. The lowest BCUT2D eigenvalue weighted by molar-refractivity contribution is -0.111. The number of methoxy groups -OCH3 is 3. The molecule has 2 rings (SSSR count). The molecule has 1 amide bonds. The van der Waals surface area contributed by atoms with E-state index in [1.807, 2.05) is 6.92 Å². The summed E-state index contributed by atoms with van der Waals surface area (Å²) in [5, 5.41) is 9.85. The molecule has 0 radical (unpaired) electrons. The van der Waals surface area contributed by atoms with Gasteiger partial charge in [0.05, 0.1) is 21.3 Å². The number of thioether (sulfide) groups is 1. The van der Waals surface area contributed by atoms with E-state index in [4.69, 9.17) is 14.2 Å². The van der Waals surface area contributed by atoms with Gasteiger partial charge in [-0.05, 0) is 29.5 Å². The van der Waals surface area contributed by atoms with Crippen LogP contribution in [0.5, 0.6) is 17.2 Å². The Morgan fingerprint density at radius 1 is 1.24 bits per heavy atom. The van der Waals surface area contributed by atoms with Gasteiger partial charge in [0.15, 0.2) is 11.5 Å². The molecule has 9 heteroatoms. The smallest absolute Gasteiger partial charge is 0.250 e. The molecule has 134 valence electrons. The van der Waals surface area contributed by atoms with Crippen molar-refractivity contribution in [3.05, 3.63) is 23.8 Å². The van der Waals surface area contributed by atoms with Crippen LogP contribution >= 0.6 is 11.8 Å². The summed E-state index contributed by atoms with van der Waals surface area (Å²) in [6, 6.07) is 3.49. The largest absolute Gasteiger partial charge is 0.493 e. The van der Waals surface area contributed by atoms with Gasteiger partial charge in [0.2, 0.25) is 16.9 Å². The second-order valence-corrected chi connectivity index (χ2v) is 5.91. The number of aromatic nitrogens is 3. The first-order chi connectivity index (χ1) is 12.1. The van der Waals surface area contributed by atoms with E-state index in [1.165, 1.54) is 39.2 Å². The third-order valence-corrected chi connectivity index (χ3v) is 3.82. The Labute approximate surface area is 150 Å². The average Bonchev–Trinajstić information content (AvgIpc) is 3.06. The van der Waals surface area contributed by atoms with E-state index in [0.29, 0.717) is 28.4 Å². The fourth-order valence-corrected chi connectivity index (χ4v) is 2.55. The number of benzene rings is 1. The van der Waals surface area contributed by atoms with E-state index >= 15 is 0 Å². The van der Waals surface area contributed by atoms with Gasteiger partial charge in [-0.1, -0.05) is 18.7 Å². The zero-order chi connectivity index (χ0) is 18.2. The summed E-state index contributed by atoms with van der Waals surface area (Å²) < 4.78 is 15.8. The van der Waals surface area contributed by atoms with Gasteiger partial charge < -0.3 is 14.2 Å². The lowest BCUT2D eigenvalue weighted by Crippen LogP contribution is -2.09. The first-order valence-corrected chi connectivity index (χ1v) is 8.44. The van der Waals surface area contributed by atoms with Crippen LogP contribution in [0.15, 0.2) is 23.4 Å². The summed E-state index contributed by atoms with van der Waals surface area (Å²) in [5.74, 6) is 2.34. The Morgan fingerprint density at radius 3 is 2.48 bits per heavy atom. The van der Waals surface area contributed by atoms with Crippen molar-refractivity contribution < 1.29 is 19.0 Å². The minimum atomic E-state index is -0.335. The highest BCUT2D eigenvalue weighted by molar-refractivity contribution is 7.99. The Kier molecular flexibility index (Phi) is 6.70. The molecular formula is C16H20N4O4S. The van der Waals surface area contributed by atoms with E-state index in [0.717, 1.165) is 11.3 Å². The molecule has 0 atom stereocenters. The molecule has 0 saturated carbocycles. The monoisotopic (exact) mass is 364 g/mol. The van der Waals surface area contributed by atoms with Crippen molar-refractivity contribution in [1.29, 1.82) is 0 Å². The molecule has 25 heavy (non-hydrogen) atoms. The van der Waals surface area contributed by atoms with Crippen molar-refractivity contribution in [2.75, 3.05) is 32.4 Å².